The van der Waals surface area contributed by atoms with E-state index in [-0.39, 0.29) is 17.7 Å². The quantitative estimate of drug-likeness (QED) is 0.931. The minimum atomic E-state index is 0.0196. The molecule has 3 heterocycles. The normalized spacial score (nSPS) is 18.7. The minimum absolute atomic E-state index is 0.0196. The SMILES string of the molecule is Cc1noc(C2CCN(C(=O)c3cn[nH]c3C(C)C)C2)n1. The lowest BCUT2D eigenvalue weighted by Gasteiger charge is -2.16. The number of aromatic nitrogens is 4. The van der Waals surface area contributed by atoms with Gasteiger partial charge in [-0.3, -0.25) is 9.89 Å². The van der Waals surface area contributed by atoms with E-state index < -0.39 is 0 Å². The highest BCUT2D eigenvalue weighted by molar-refractivity contribution is 5.95. The number of rotatable bonds is 3. The summed E-state index contributed by atoms with van der Waals surface area (Å²) in [6.07, 6.45) is 2.46. The van der Waals surface area contributed by atoms with E-state index >= 15 is 0 Å². The molecule has 0 aromatic carbocycles. The number of nitrogens with zero attached hydrogens (tertiary/aromatic N) is 4. The number of aromatic amines is 1. The number of carbonyl (C=O) groups excluding carboxylic acids is 1. The van der Waals surface area contributed by atoms with Crippen LogP contribution >= 0.6 is 0 Å². The van der Waals surface area contributed by atoms with Gasteiger partial charge in [0.1, 0.15) is 0 Å². The van der Waals surface area contributed by atoms with Gasteiger partial charge in [0.05, 0.1) is 23.4 Å². The van der Waals surface area contributed by atoms with Crippen LogP contribution in [0.2, 0.25) is 0 Å². The molecule has 0 radical (unpaired) electrons. The number of amides is 1. The van der Waals surface area contributed by atoms with Crippen LogP contribution in [0, 0.1) is 6.92 Å². The van der Waals surface area contributed by atoms with Gasteiger partial charge in [0, 0.05) is 13.1 Å². The summed E-state index contributed by atoms with van der Waals surface area (Å²) in [6.45, 7) is 7.19. The summed E-state index contributed by atoms with van der Waals surface area (Å²) >= 11 is 0. The molecule has 1 amide bonds. The fourth-order valence-electron chi connectivity index (χ4n) is 2.70. The second-order valence-electron chi connectivity index (χ2n) is 5.77. The Hall–Kier alpha value is -2.18. The van der Waals surface area contributed by atoms with E-state index in [4.69, 9.17) is 4.52 Å². The molecule has 7 heteroatoms. The first-order valence-electron chi connectivity index (χ1n) is 7.19. The summed E-state index contributed by atoms with van der Waals surface area (Å²) in [4.78, 5) is 18.7. The van der Waals surface area contributed by atoms with Crippen LogP contribution in [0.3, 0.4) is 0 Å². The smallest absolute Gasteiger partial charge is 0.257 e. The molecule has 21 heavy (non-hydrogen) atoms. The van der Waals surface area contributed by atoms with Gasteiger partial charge in [0.2, 0.25) is 5.89 Å². The lowest BCUT2D eigenvalue weighted by atomic mass is 10.1. The Balaban J connectivity index is 1.74. The number of likely N-dealkylation sites (tertiary alicyclic amines) is 1. The number of carbonyl (C=O) groups is 1. The molecule has 1 unspecified atom stereocenters. The van der Waals surface area contributed by atoms with Crippen LogP contribution in [-0.2, 0) is 0 Å². The summed E-state index contributed by atoms with van der Waals surface area (Å²) in [5.41, 5.74) is 1.55. The van der Waals surface area contributed by atoms with Gasteiger partial charge in [-0.15, -0.1) is 0 Å². The molecule has 1 fully saturated rings. The maximum absolute atomic E-state index is 12.6. The van der Waals surface area contributed by atoms with E-state index in [1.165, 1.54) is 0 Å². The topological polar surface area (TPSA) is 87.9 Å². The van der Waals surface area contributed by atoms with Gasteiger partial charge in [-0.05, 0) is 19.3 Å². The largest absolute Gasteiger partial charge is 0.339 e. The van der Waals surface area contributed by atoms with Crippen molar-refractivity contribution >= 4 is 5.91 Å². The van der Waals surface area contributed by atoms with Gasteiger partial charge in [0.25, 0.3) is 5.91 Å². The average Bonchev–Trinajstić information content (AvgIpc) is 3.17. The predicted octanol–water partition coefficient (Wildman–Crippen LogP) is 1.85. The zero-order valence-corrected chi connectivity index (χ0v) is 12.5. The van der Waals surface area contributed by atoms with Gasteiger partial charge in [-0.1, -0.05) is 19.0 Å². The van der Waals surface area contributed by atoms with Crippen LogP contribution < -0.4 is 0 Å². The maximum Gasteiger partial charge on any atom is 0.257 e. The molecular weight excluding hydrogens is 270 g/mol. The monoisotopic (exact) mass is 289 g/mol. The highest BCUT2D eigenvalue weighted by Gasteiger charge is 2.32. The third kappa shape index (κ3) is 2.55. The van der Waals surface area contributed by atoms with Gasteiger partial charge in [-0.25, -0.2) is 0 Å². The molecule has 1 saturated heterocycles. The second-order valence-corrected chi connectivity index (χ2v) is 5.77. The molecule has 7 nitrogen and oxygen atoms in total. The van der Waals surface area contributed by atoms with E-state index in [0.29, 0.717) is 30.4 Å². The van der Waals surface area contributed by atoms with Crippen molar-refractivity contribution in [2.45, 2.75) is 39.0 Å². The summed E-state index contributed by atoms with van der Waals surface area (Å²) in [5.74, 6) is 1.64. The van der Waals surface area contributed by atoms with E-state index in [0.717, 1.165) is 12.1 Å². The molecule has 1 N–H and O–H groups in total. The Morgan fingerprint density at radius 2 is 2.33 bits per heavy atom. The maximum atomic E-state index is 12.6. The van der Waals surface area contributed by atoms with E-state index in [1.54, 1.807) is 13.1 Å². The van der Waals surface area contributed by atoms with Crippen molar-refractivity contribution < 1.29 is 9.32 Å². The van der Waals surface area contributed by atoms with Gasteiger partial charge >= 0.3 is 0 Å². The second kappa shape index (κ2) is 5.31. The van der Waals surface area contributed by atoms with Crippen molar-refractivity contribution in [1.29, 1.82) is 0 Å². The highest BCUT2D eigenvalue weighted by atomic mass is 16.5. The van der Waals surface area contributed by atoms with Gasteiger partial charge in [-0.2, -0.15) is 10.1 Å². The summed E-state index contributed by atoms with van der Waals surface area (Å²) in [5, 5.41) is 10.7. The Morgan fingerprint density at radius 1 is 1.52 bits per heavy atom. The van der Waals surface area contributed by atoms with Crippen LogP contribution in [0.5, 0.6) is 0 Å². The first-order chi connectivity index (χ1) is 10.1. The minimum Gasteiger partial charge on any atom is -0.339 e. The number of nitrogens with one attached hydrogen (secondary N) is 1. The molecule has 1 atom stereocenters. The lowest BCUT2D eigenvalue weighted by molar-refractivity contribution is 0.0788. The van der Waals surface area contributed by atoms with Crippen molar-refractivity contribution in [3.63, 3.8) is 0 Å². The summed E-state index contributed by atoms with van der Waals surface area (Å²) < 4.78 is 5.21. The van der Waals surface area contributed by atoms with Crippen molar-refractivity contribution in [3.8, 4) is 0 Å². The molecule has 1 aliphatic rings. The Morgan fingerprint density at radius 3 is 3.00 bits per heavy atom. The fraction of sp³-hybridized carbons (Fsp3) is 0.571. The van der Waals surface area contributed by atoms with Crippen molar-refractivity contribution in [2.24, 2.45) is 0 Å². The first kappa shape index (κ1) is 13.8. The molecule has 0 saturated carbocycles. The predicted molar refractivity (Wildman–Crippen MR) is 75.0 cm³/mol. The van der Waals surface area contributed by atoms with Crippen LogP contribution in [0.4, 0.5) is 0 Å². The highest BCUT2D eigenvalue weighted by Crippen LogP contribution is 2.28. The molecule has 0 bridgehead atoms. The fourth-order valence-corrected chi connectivity index (χ4v) is 2.70. The first-order valence-corrected chi connectivity index (χ1v) is 7.19. The van der Waals surface area contributed by atoms with Crippen LogP contribution in [0.15, 0.2) is 10.7 Å². The number of aryl methyl sites for hydroxylation is 1. The van der Waals surface area contributed by atoms with Crippen LogP contribution in [-0.4, -0.2) is 44.2 Å². The molecule has 0 spiro atoms. The average molecular weight is 289 g/mol. The number of hydrogen-bond donors (Lipinski definition) is 1. The zero-order valence-electron chi connectivity index (χ0n) is 12.5. The zero-order chi connectivity index (χ0) is 15.0. The Kier molecular flexibility index (Phi) is 3.48. The van der Waals surface area contributed by atoms with Crippen LogP contribution in [0.1, 0.15) is 59.9 Å². The molecule has 3 rings (SSSR count). The molecule has 2 aromatic rings. The van der Waals surface area contributed by atoms with Crippen molar-refractivity contribution in [2.75, 3.05) is 13.1 Å². The molecule has 0 aliphatic carbocycles. The molecular formula is C14H19N5O2. The third-order valence-electron chi connectivity index (χ3n) is 3.84. The summed E-state index contributed by atoms with van der Waals surface area (Å²) in [6, 6.07) is 0. The third-order valence-corrected chi connectivity index (χ3v) is 3.84. The van der Waals surface area contributed by atoms with Crippen molar-refractivity contribution in [3.05, 3.63) is 29.2 Å². The van der Waals surface area contributed by atoms with Gasteiger partial charge in [0.15, 0.2) is 5.82 Å². The number of H-pyrrole nitrogens is 1. The van der Waals surface area contributed by atoms with E-state index in [9.17, 15) is 4.79 Å². The Bertz CT molecular complexity index is 645. The summed E-state index contributed by atoms with van der Waals surface area (Å²) in [7, 11) is 0. The Labute approximate surface area is 122 Å². The van der Waals surface area contributed by atoms with Crippen LogP contribution in [0.25, 0.3) is 0 Å². The van der Waals surface area contributed by atoms with E-state index in [1.807, 2.05) is 18.7 Å². The standard InChI is InChI=1S/C14H19N5O2/c1-8(2)12-11(6-15-17-12)14(20)19-5-4-10(7-19)13-16-9(3)18-21-13/h6,8,10H,4-5,7H2,1-3H3,(H,15,17). The van der Waals surface area contributed by atoms with Gasteiger partial charge < -0.3 is 9.42 Å². The van der Waals surface area contributed by atoms with E-state index in [2.05, 4.69) is 20.3 Å². The lowest BCUT2D eigenvalue weighted by Crippen LogP contribution is -2.29. The molecule has 2 aromatic heterocycles. The van der Waals surface area contributed by atoms with Crippen molar-refractivity contribution in [1.82, 2.24) is 25.2 Å². The molecule has 1 aliphatic heterocycles. The molecule has 112 valence electrons. The number of hydrogen-bond acceptors (Lipinski definition) is 5.